The first-order valence-corrected chi connectivity index (χ1v) is 5.11. The van der Waals surface area contributed by atoms with Crippen LogP contribution in [0.3, 0.4) is 0 Å². The van der Waals surface area contributed by atoms with Crippen LogP contribution in [0.4, 0.5) is 0 Å². The Morgan fingerprint density at radius 1 is 1.64 bits per heavy atom. The van der Waals surface area contributed by atoms with Gasteiger partial charge in [0.15, 0.2) is 0 Å². The number of pyridine rings is 1. The summed E-state index contributed by atoms with van der Waals surface area (Å²) >= 11 is 0. The molecule has 0 bridgehead atoms. The fourth-order valence-electron chi connectivity index (χ4n) is 2.57. The second-order valence-electron chi connectivity index (χ2n) is 4.30. The minimum Gasteiger partial charge on any atom is -0.364 e. The van der Waals surface area contributed by atoms with E-state index in [-0.39, 0.29) is 5.60 Å². The van der Waals surface area contributed by atoms with Crippen LogP contribution in [0.1, 0.15) is 24.5 Å². The molecule has 2 aliphatic heterocycles. The molecule has 2 aliphatic rings. The molecule has 1 aromatic heterocycles. The summed E-state index contributed by atoms with van der Waals surface area (Å²) in [6, 6.07) is 2.65. The number of hydrogen-bond donors (Lipinski definition) is 1. The minimum absolute atomic E-state index is 0.0578. The number of aromatic nitrogens is 1. The van der Waals surface area contributed by atoms with Crippen LogP contribution >= 0.6 is 0 Å². The van der Waals surface area contributed by atoms with E-state index in [1.807, 2.05) is 12.4 Å². The smallest absolute Gasteiger partial charge is 0.108 e. The molecule has 3 rings (SSSR count). The fraction of sp³-hybridized carbons (Fsp3) is 0.545. The van der Waals surface area contributed by atoms with Crippen molar-refractivity contribution in [2.75, 3.05) is 6.54 Å². The molecule has 2 atom stereocenters. The molecule has 0 radical (unpaired) electrons. The first-order valence-electron chi connectivity index (χ1n) is 5.11. The van der Waals surface area contributed by atoms with Gasteiger partial charge in [-0.2, -0.15) is 0 Å². The number of hydrogen-bond acceptors (Lipinski definition) is 3. The van der Waals surface area contributed by atoms with Gasteiger partial charge in [0.1, 0.15) is 5.60 Å². The van der Waals surface area contributed by atoms with Crippen LogP contribution in [0.2, 0.25) is 0 Å². The third kappa shape index (κ3) is 1.03. The van der Waals surface area contributed by atoms with Crippen molar-refractivity contribution in [3.05, 3.63) is 29.6 Å². The zero-order chi connectivity index (χ0) is 9.60. The van der Waals surface area contributed by atoms with Crippen LogP contribution in [-0.4, -0.2) is 17.6 Å². The molecule has 1 aromatic rings. The van der Waals surface area contributed by atoms with Gasteiger partial charge in [-0.3, -0.25) is 4.98 Å². The average molecular weight is 190 g/mol. The van der Waals surface area contributed by atoms with Gasteiger partial charge in [0.2, 0.25) is 0 Å². The van der Waals surface area contributed by atoms with Crippen LogP contribution in [0.5, 0.6) is 0 Å². The van der Waals surface area contributed by atoms with E-state index < -0.39 is 0 Å². The molecule has 74 valence electrons. The largest absolute Gasteiger partial charge is 0.364 e. The molecule has 1 spiro atoms. The summed E-state index contributed by atoms with van der Waals surface area (Å²) in [5.74, 6) is 0. The second-order valence-corrected chi connectivity index (χ2v) is 4.30. The molecule has 0 amide bonds. The standard InChI is InChI=1S/C11H14N2O/c1-8-4-11(7-13-8)10-2-3-12-5-9(10)6-14-11/h2-3,5,8,13H,4,6-7H2,1H3/t8-,11?/m0/s1. The maximum Gasteiger partial charge on any atom is 0.108 e. The van der Waals surface area contributed by atoms with Gasteiger partial charge in [-0.1, -0.05) is 0 Å². The lowest BCUT2D eigenvalue weighted by Crippen LogP contribution is -2.27. The Kier molecular flexibility index (Phi) is 1.66. The topological polar surface area (TPSA) is 34.1 Å². The Bertz CT molecular complexity index is 362. The first-order chi connectivity index (χ1) is 6.80. The van der Waals surface area contributed by atoms with Crippen molar-refractivity contribution in [1.29, 1.82) is 0 Å². The summed E-state index contributed by atoms with van der Waals surface area (Å²) in [6.45, 7) is 3.86. The average Bonchev–Trinajstić information content (AvgIpc) is 2.75. The van der Waals surface area contributed by atoms with Gasteiger partial charge in [-0.15, -0.1) is 0 Å². The molecule has 3 heterocycles. The van der Waals surface area contributed by atoms with E-state index in [0.29, 0.717) is 6.04 Å². The zero-order valence-corrected chi connectivity index (χ0v) is 8.29. The number of nitrogens with zero attached hydrogens (tertiary/aromatic N) is 1. The lowest BCUT2D eigenvalue weighted by atomic mass is 9.91. The summed E-state index contributed by atoms with van der Waals surface area (Å²) < 4.78 is 5.94. The number of nitrogens with one attached hydrogen (secondary N) is 1. The summed E-state index contributed by atoms with van der Waals surface area (Å²) in [5, 5.41) is 3.45. The SMILES string of the molecule is C[C@H]1CC2(CN1)OCc1cnccc12. The molecule has 1 unspecified atom stereocenters. The van der Waals surface area contributed by atoms with Crippen molar-refractivity contribution < 1.29 is 4.74 Å². The van der Waals surface area contributed by atoms with E-state index in [1.54, 1.807) is 0 Å². The van der Waals surface area contributed by atoms with Crippen molar-refractivity contribution in [3.8, 4) is 0 Å². The highest BCUT2D eigenvalue weighted by Gasteiger charge is 2.44. The van der Waals surface area contributed by atoms with Crippen LogP contribution in [0.15, 0.2) is 18.5 Å². The second kappa shape index (κ2) is 2.78. The Hall–Kier alpha value is -0.930. The molecular weight excluding hydrogens is 176 g/mol. The maximum absolute atomic E-state index is 5.94. The first kappa shape index (κ1) is 8.38. The van der Waals surface area contributed by atoms with E-state index in [1.165, 1.54) is 11.1 Å². The Morgan fingerprint density at radius 2 is 2.57 bits per heavy atom. The predicted molar refractivity (Wildman–Crippen MR) is 52.8 cm³/mol. The molecule has 14 heavy (non-hydrogen) atoms. The van der Waals surface area contributed by atoms with E-state index in [9.17, 15) is 0 Å². The molecule has 1 fully saturated rings. The normalized spacial score (nSPS) is 35.1. The molecule has 0 aromatic carbocycles. The lowest BCUT2D eigenvalue weighted by Gasteiger charge is -2.22. The monoisotopic (exact) mass is 190 g/mol. The van der Waals surface area contributed by atoms with Crippen LogP contribution in [-0.2, 0) is 16.9 Å². The maximum atomic E-state index is 5.94. The van der Waals surface area contributed by atoms with Gasteiger partial charge >= 0.3 is 0 Å². The van der Waals surface area contributed by atoms with Crippen molar-refractivity contribution in [1.82, 2.24) is 10.3 Å². The third-order valence-electron chi connectivity index (χ3n) is 3.27. The third-order valence-corrected chi connectivity index (χ3v) is 3.27. The summed E-state index contributed by atoms with van der Waals surface area (Å²) in [5.41, 5.74) is 2.53. The van der Waals surface area contributed by atoms with Gasteiger partial charge in [0, 0.05) is 30.5 Å². The predicted octanol–water partition coefficient (Wildman–Crippen LogP) is 1.19. The number of rotatable bonds is 0. The molecule has 3 nitrogen and oxygen atoms in total. The highest BCUT2D eigenvalue weighted by atomic mass is 16.5. The van der Waals surface area contributed by atoms with Gasteiger partial charge in [-0.05, 0) is 25.0 Å². The summed E-state index contributed by atoms with van der Waals surface area (Å²) in [4.78, 5) is 4.13. The molecular formula is C11H14N2O. The molecule has 1 N–H and O–H groups in total. The minimum atomic E-state index is -0.0578. The van der Waals surface area contributed by atoms with Gasteiger partial charge in [0.05, 0.1) is 6.61 Å². The van der Waals surface area contributed by atoms with Crippen LogP contribution in [0, 0.1) is 0 Å². The Balaban J connectivity index is 2.05. The number of ether oxygens (including phenoxy) is 1. The van der Waals surface area contributed by atoms with E-state index in [2.05, 4.69) is 23.3 Å². The van der Waals surface area contributed by atoms with E-state index in [0.717, 1.165) is 19.6 Å². The Morgan fingerprint density at radius 3 is 3.36 bits per heavy atom. The molecule has 1 saturated heterocycles. The van der Waals surface area contributed by atoms with Crippen molar-refractivity contribution >= 4 is 0 Å². The van der Waals surface area contributed by atoms with E-state index in [4.69, 9.17) is 4.74 Å². The quantitative estimate of drug-likeness (QED) is 0.667. The fourth-order valence-corrected chi connectivity index (χ4v) is 2.57. The zero-order valence-electron chi connectivity index (χ0n) is 8.29. The van der Waals surface area contributed by atoms with Crippen molar-refractivity contribution in [2.45, 2.75) is 31.6 Å². The summed E-state index contributed by atoms with van der Waals surface area (Å²) in [6.07, 6.45) is 4.86. The van der Waals surface area contributed by atoms with Crippen molar-refractivity contribution in [3.63, 3.8) is 0 Å². The molecule has 3 heteroatoms. The molecule has 0 saturated carbocycles. The van der Waals surface area contributed by atoms with Crippen LogP contribution < -0.4 is 5.32 Å². The van der Waals surface area contributed by atoms with E-state index >= 15 is 0 Å². The molecule has 0 aliphatic carbocycles. The van der Waals surface area contributed by atoms with Gasteiger partial charge in [0.25, 0.3) is 0 Å². The van der Waals surface area contributed by atoms with Gasteiger partial charge < -0.3 is 10.1 Å². The Labute approximate surface area is 83.5 Å². The highest BCUT2D eigenvalue weighted by molar-refractivity contribution is 5.34. The number of fused-ring (bicyclic) bond motifs is 2. The van der Waals surface area contributed by atoms with Crippen molar-refractivity contribution in [2.24, 2.45) is 0 Å². The summed E-state index contributed by atoms with van der Waals surface area (Å²) in [7, 11) is 0. The van der Waals surface area contributed by atoms with Gasteiger partial charge in [-0.25, -0.2) is 0 Å². The van der Waals surface area contributed by atoms with Crippen LogP contribution in [0.25, 0.3) is 0 Å². The highest BCUT2D eigenvalue weighted by Crippen LogP contribution is 2.41. The lowest BCUT2D eigenvalue weighted by molar-refractivity contribution is -0.0234.